The van der Waals surface area contributed by atoms with Crippen LogP contribution < -0.4 is 10.4 Å². The van der Waals surface area contributed by atoms with Gasteiger partial charge in [-0.15, -0.1) is 0 Å². The average molecular weight is 404 g/mol. The van der Waals surface area contributed by atoms with Gasteiger partial charge in [-0.1, -0.05) is 30.3 Å². The van der Waals surface area contributed by atoms with Gasteiger partial charge in [-0.25, -0.2) is 15.2 Å². The lowest BCUT2D eigenvalue weighted by molar-refractivity contribution is 0.0519. The minimum atomic E-state index is -0.636. The monoisotopic (exact) mass is 403 g/mol. The summed E-state index contributed by atoms with van der Waals surface area (Å²) < 4.78 is 5.85. The van der Waals surface area contributed by atoms with Crippen molar-refractivity contribution in [3.63, 3.8) is 0 Å². The highest BCUT2D eigenvalue weighted by Gasteiger charge is 2.21. The number of aromatic nitrogens is 2. The van der Waals surface area contributed by atoms with Crippen molar-refractivity contribution in [1.29, 1.82) is 5.26 Å². The fraction of sp³-hybridized carbons (Fsp3) is 0.294. The van der Waals surface area contributed by atoms with Crippen LogP contribution in [0, 0.1) is 11.3 Å². The smallest absolute Gasteiger partial charge is 0.426 e. The molecule has 2 rings (SSSR count). The molecule has 8 heteroatoms. The number of hydrogen-bond donors (Lipinski definition) is 1. The number of hydrazine groups is 1. The van der Waals surface area contributed by atoms with Gasteiger partial charge in [-0.2, -0.15) is 10.2 Å². The maximum absolute atomic E-state index is 12.2. The summed E-state index contributed by atoms with van der Waals surface area (Å²) in [5.41, 5.74) is 2.98. The molecule has 0 saturated heterocycles. The lowest BCUT2D eigenvalue weighted by atomic mass is 10.2. The highest BCUT2D eigenvalue weighted by atomic mass is 79.9. The molecule has 0 fully saturated rings. The van der Waals surface area contributed by atoms with Gasteiger partial charge in [0.15, 0.2) is 5.82 Å². The molecule has 1 heterocycles. The van der Waals surface area contributed by atoms with E-state index in [0.717, 1.165) is 5.56 Å². The molecule has 0 aliphatic carbocycles. The molecule has 0 unspecified atom stereocenters. The topological polar surface area (TPSA) is 91.1 Å². The maximum atomic E-state index is 12.2. The largest absolute Gasteiger partial charge is 0.443 e. The molecule has 1 N–H and O–H groups in total. The van der Waals surface area contributed by atoms with Gasteiger partial charge in [0.25, 0.3) is 0 Å². The third-order valence-corrected chi connectivity index (χ3v) is 3.45. The van der Waals surface area contributed by atoms with Crippen molar-refractivity contribution in [2.24, 2.45) is 0 Å². The number of ether oxygens (including phenoxy) is 1. The van der Waals surface area contributed by atoms with Crippen LogP contribution in [0.1, 0.15) is 32.2 Å². The first-order valence-electron chi connectivity index (χ1n) is 7.52. The Balaban J connectivity index is 2.32. The van der Waals surface area contributed by atoms with Crippen LogP contribution in [-0.4, -0.2) is 21.7 Å². The SMILES string of the molecule is CC(C)(C)OC(=O)NN(Cc1ccccc1)c1nc(C#N)ncc1Br. The van der Waals surface area contributed by atoms with Crippen molar-refractivity contribution in [1.82, 2.24) is 15.4 Å². The minimum absolute atomic E-state index is 0.00208. The van der Waals surface area contributed by atoms with E-state index in [1.165, 1.54) is 11.2 Å². The highest BCUT2D eigenvalue weighted by molar-refractivity contribution is 9.10. The van der Waals surface area contributed by atoms with Gasteiger partial charge >= 0.3 is 6.09 Å². The molecule has 0 radical (unpaired) electrons. The molecule has 1 aromatic heterocycles. The fourth-order valence-electron chi connectivity index (χ4n) is 1.95. The molecule has 130 valence electrons. The first-order valence-corrected chi connectivity index (χ1v) is 8.31. The Morgan fingerprint density at radius 2 is 2.04 bits per heavy atom. The van der Waals surface area contributed by atoms with E-state index in [2.05, 4.69) is 31.3 Å². The maximum Gasteiger partial charge on any atom is 0.426 e. The zero-order chi connectivity index (χ0) is 18.4. The summed E-state index contributed by atoms with van der Waals surface area (Å²) in [5, 5.41) is 10.5. The average Bonchev–Trinajstić information content (AvgIpc) is 2.54. The van der Waals surface area contributed by atoms with Gasteiger partial charge in [0, 0.05) is 6.20 Å². The van der Waals surface area contributed by atoms with E-state index in [9.17, 15) is 4.79 Å². The third kappa shape index (κ3) is 5.72. The predicted molar refractivity (Wildman–Crippen MR) is 96.4 cm³/mol. The van der Waals surface area contributed by atoms with E-state index in [-0.39, 0.29) is 5.82 Å². The number of nitrogens with zero attached hydrogens (tertiary/aromatic N) is 4. The number of nitrogens with one attached hydrogen (secondary N) is 1. The number of halogens is 1. The van der Waals surface area contributed by atoms with E-state index in [0.29, 0.717) is 16.8 Å². The van der Waals surface area contributed by atoms with Gasteiger partial charge in [0.2, 0.25) is 5.82 Å². The van der Waals surface area contributed by atoms with Crippen LogP contribution in [0.15, 0.2) is 41.0 Å². The van der Waals surface area contributed by atoms with Crippen molar-refractivity contribution in [3.05, 3.63) is 52.4 Å². The van der Waals surface area contributed by atoms with Crippen LogP contribution in [0.25, 0.3) is 0 Å². The van der Waals surface area contributed by atoms with Crippen molar-refractivity contribution in [2.45, 2.75) is 32.9 Å². The normalized spacial score (nSPS) is 10.7. The second-order valence-electron chi connectivity index (χ2n) is 6.16. The summed E-state index contributed by atoms with van der Waals surface area (Å²) in [5.74, 6) is 0.364. The van der Waals surface area contributed by atoms with Gasteiger partial charge in [0.1, 0.15) is 11.7 Å². The number of benzene rings is 1. The van der Waals surface area contributed by atoms with Crippen molar-refractivity contribution >= 4 is 27.8 Å². The Kier molecular flexibility index (Phi) is 5.93. The number of carbonyl (C=O) groups is 1. The Morgan fingerprint density at radius 3 is 2.64 bits per heavy atom. The van der Waals surface area contributed by atoms with Crippen LogP contribution in [0.3, 0.4) is 0 Å². The molecule has 0 aliphatic rings. The molecular formula is C17H18BrN5O2. The number of nitriles is 1. The summed E-state index contributed by atoms with van der Waals surface area (Å²) in [6, 6.07) is 11.4. The summed E-state index contributed by atoms with van der Waals surface area (Å²) in [4.78, 5) is 20.3. The van der Waals surface area contributed by atoms with Crippen LogP contribution in [0.5, 0.6) is 0 Å². The highest BCUT2D eigenvalue weighted by Crippen LogP contribution is 2.23. The standard InChI is InChI=1S/C17H18BrN5O2/c1-17(2,3)25-16(24)22-23(11-12-7-5-4-6-8-12)15-13(18)10-20-14(9-19)21-15/h4-8,10H,11H2,1-3H3,(H,22,24). The number of rotatable bonds is 4. The first kappa shape index (κ1) is 18.7. The van der Waals surface area contributed by atoms with E-state index >= 15 is 0 Å². The quantitative estimate of drug-likeness (QED) is 0.784. The van der Waals surface area contributed by atoms with Gasteiger partial charge in [0.05, 0.1) is 11.0 Å². The minimum Gasteiger partial charge on any atom is -0.443 e. The van der Waals surface area contributed by atoms with Crippen LogP contribution in [0.4, 0.5) is 10.6 Å². The molecule has 7 nitrogen and oxygen atoms in total. The zero-order valence-electron chi connectivity index (χ0n) is 14.2. The van der Waals surface area contributed by atoms with E-state index in [1.54, 1.807) is 20.8 Å². The molecule has 1 amide bonds. The Hall–Kier alpha value is -2.66. The summed E-state index contributed by atoms with van der Waals surface area (Å²) in [7, 11) is 0. The van der Waals surface area contributed by atoms with Crippen molar-refractivity contribution in [2.75, 3.05) is 5.01 Å². The second kappa shape index (κ2) is 7.94. The summed E-state index contributed by atoms with van der Waals surface area (Å²) >= 11 is 3.36. The lowest BCUT2D eigenvalue weighted by Gasteiger charge is -2.27. The molecule has 0 bridgehead atoms. The van der Waals surface area contributed by atoms with Gasteiger partial charge in [-0.05, 0) is 42.3 Å². The molecule has 0 spiro atoms. The number of anilines is 1. The predicted octanol–water partition coefficient (Wildman–Crippen LogP) is 3.56. The summed E-state index contributed by atoms with van der Waals surface area (Å²) in [6.45, 7) is 5.67. The summed E-state index contributed by atoms with van der Waals surface area (Å²) in [6.07, 6.45) is 0.850. The van der Waals surface area contributed by atoms with Crippen molar-refractivity contribution < 1.29 is 9.53 Å². The number of carbonyl (C=O) groups excluding carboxylic acids is 1. The van der Waals surface area contributed by atoms with Gasteiger partial charge in [-0.3, -0.25) is 5.01 Å². The number of hydrogen-bond acceptors (Lipinski definition) is 6. The molecule has 0 saturated carbocycles. The molecule has 0 atom stereocenters. The Bertz CT molecular complexity index is 784. The molecular weight excluding hydrogens is 386 g/mol. The van der Waals surface area contributed by atoms with Crippen LogP contribution >= 0.6 is 15.9 Å². The van der Waals surface area contributed by atoms with E-state index < -0.39 is 11.7 Å². The molecule has 25 heavy (non-hydrogen) atoms. The Labute approximate surface area is 154 Å². The number of amides is 1. The fourth-order valence-corrected chi connectivity index (χ4v) is 2.35. The zero-order valence-corrected chi connectivity index (χ0v) is 15.7. The second-order valence-corrected chi connectivity index (χ2v) is 7.02. The van der Waals surface area contributed by atoms with Crippen LogP contribution in [0.2, 0.25) is 0 Å². The molecule has 1 aromatic carbocycles. The lowest BCUT2D eigenvalue weighted by Crippen LogP contribution is -2.45. The molecule has 0 aliphatic heterocycles. The third-order valence-electron chi connectivity index (χ3n) is 2.89. The Morgan fingerprint density at radius 1 is 1.36 bits per heavy atom. The van der Waals surface area contributed by atoms with Crippen LogP contribution in [-0.2, 0) is 11.3 Å². The van der Waals surface area contributed by atoms with Gasteiger partial charge < -0.3 is 4.74 Å². The first-order chi connectivity index (χ1) is 11.8. The molecule has 2 aromatic rings. The van der Waals surface area contributed by atoms with E-state index in [1.807, 2.05) is 36.4 Å². The van der Waals surface area contributed by atoms with Crippen molar-refractivity contribution in [3.8, 4) is 6.07 Å². The van der Waals surface area contributed by atoms with E-state index in [4.69, 9.17) is 10.00 Å².